The third-order valence-corrected chi connectivity index (χ3v) is 27.3. The van der Waals surface area contributed by atoms with Crippen LogP contribution in [0.5, 0.6) is 0 Å². The highest BCUT2D eigenvalue weighted by atomic mass is 16.5. The molecule has 10 aliphatic rings. The van der Waals surface area contributed by atoms with Gasteiger partial charge in [-0.25, -0.2) is 9.59 Å². The van der Waals surface area contributed by atoms with Crippen LogP contribution in [0.2, 0.25) is 0 Å². The molecule has 30 heteroatoms. The number of benzene rings is 8. The van der Waals surface area contributed by atoms with Crippen LogP contribution in [0.25, 0.3) is 0 Å². The number of nitrogens with one attached hydrogen (secondary N) is 6. The molecular formula is C108H138N16O14. The fraction of sp³-hybridized carbons (Fsp3) is 0.444. The maximum atomic E-state index is 13.0. The summed E-state index contributed by atoms with van der Waals surface area (Å²) < 4.78 is 9.87. The number of piperidine rings is 8. The zero-order chi connectivity index (χ0) is 97.3. The molecule has 734 valence electrons. The van der Waals surface area contributed by atoms with Gasteiger partial charge in [0, 0.05) is 127 Å². The van der Waals surface area contributed by atoms with Gasteiger partial charge in [0.05, 0.1) is 20.8 Å². The lowest BCUT2D eigenvalue weighted by atomic mass is 9.87. The van der Waals surface area contributed by atoms with Crippen LogP contribution in [0.4, 0.5) is 27.5 Å². The quantitative estimate of drug-likeness (QED) is 0.0123. The van der Waals surface area contributed by atoms with E-state index in [1.54, 1.807) is 0 Å². The highest BCUT2D eigenvalue weighted by molar-refractivity contribution is 6.25. The highest BCUT2D eigenvalue weighted by Crippen LogP contribution is 2.37. The van der Waals surface area contributed by atoms with E-state index in [1.165, 1.54) is 80.6 Å². The normalized spacial score (nSPS) is 23.1. The molecule has 10 heterocycles. The van der Waals surface area contributed by atoms with E-state index in [1.807, 2.05) is 182 Å². The van der Waals surface area contributed by atoms with Crippen molar-refractivity contribution in [3.63, 3.8) is 0 Å². The number of methoxy groups -OCH3 is 2. The first-order valence-electron chi connectivity index (χ1n) is 48.9. The molecular weight excluding hydrogens is 1750 g/mol. The lowest BCUT2D eigenvalue weighted by Gasteiger charge is -2.41. The Balaban J connectivity index is 0.000000145. The number of hydrogen-bond acceptors (Lipinski definition) is 23. The number of anilines is 4. The molecule has 0 bridgehead atoms. The van der Waals surface area contributed by atoms with Crippen molar-refractivity contribution in [3.8, 4) is 0 Å². The Labute approximate surface area is 810 Å². The Hall–Kier alpha value is -12.5. The average Bonchev–Trinajstić information content (AvgIpc) is 1.60. The van der Waals surface area contributed by atoms with E-state index in [-0.39, 0.29) is 35.7 Å². The number of carbonyl (C=O) groups excluding carboxylic acids is 9. The van der Waals surface area contributed by atoms with Gasteiger partial charge >= 0.3 is 23.9 Å². The van der Waals surface area contributed by atoms with Crippen LogP contribution in [0.1, 0.15) is 155 Å². The molecule has 9 saturated heterocycles. The summed E-state index contributed by atoms with van der Waals surface area (Å²) in [6.45, 7) is 17.6. The minimum atomic E-state index is -1.17. The molecule has 0 saturated carbocycles. The van der Waals surface area contributed by atoms with E-state index in [9.17, 15) is 53.1 Å². The van der Waals surface area contributed by atoms with Crippen LogP contribution < -0.4 is 53.2 Å². The molecule has 12 N–H and O–H groups in total. The van der Waals surface area contributed by atoms with Gasteiger partial charge in [0.25, 0.3) is 17.7 Å². The van der Waals surface area contributed by atoms with Gasteiger partial charge in [0.2, 0.25) is 11.8 Å². The van der Waals surface area contributed by atoms with Crippen molar-refractivity contribution in [1.82, 2.24) is 50.7 Å². The fourth-order valence-corrected chi connectivity index (χ4v) is 20.3. The molecule has 5 atom stereocenters. The van der Waals surface area contributed by atoms with Gasteiger partial charge in [-0.2, -0.15) is 0 Å². The van der Waals surface area contributed by atoms with Crippen LogP contribution in [0, 0.1) is 0 Å². The molecule has 8 aromatic carbocycles. The first-order valence-corrected chi connectivity index (χ1v) is 48.9. The second-order valence-corrected chi connectivity index (χ2v) is 38.2. The van der Waals surface area contributed by atoms with Gasteiger partial charge in [0.15, 0.2) is 5.54 Å². The van der Waals surface area contributed by atoms with E-state index in [2.05, 4.69) is 120 Å². The van der Waals surface area contributed by atoms with Crippen molar-refractivity contribution < 1.29 is 67.6 Å². The molecule has 2 spiro atoms. The number of Topliss-reactive ketones (excluding diaryl/α,β-unsaturated/α-hetero) is 1. The minimum absolute atomic E-state index is 0.141. The number of aliphatic hydroxyl groups is 1. The largest absolute Gasteiger partial charge is 0.509 e. The van der Waals surface area contributed by atoms with E-state index in [4.69, 9.17) is 26.0 Å². The second kappa shape index (κ2) is 50.2. The summed E-state index contributed by atoms with van der Waals surface area (Å²) >= 11 is 0. The van der Waals surface area contributed by atoms with Gasteiger partial charge in [-0.15, -0.1) is 0 Å². The van der Waals surface area contributed by atoms with E-state index in [0.717, 1.165) is 166 Å². The van der Waals surface area contributed by atoms with Gasteiger partial charge in [-0.1, -0.05) is 182 Å². The number of rotatable bonds is 23. The van der Waals surface area contributed by atoms with Gasteiger partial charge in [-0.3, -0.25) is 73.1 Å². The van der Waals surface area contributed by atoms with Crippen LogP contribution in [0.15, 0.2) is 242 Å². The number of amides is 7. The fourth-order valence-electron chi connectivity index (χ4n) is 20.3. The smallest absolute Gasteiger partial charge is 0.332 e. The predicted octanol–water partition coefficient (Wildman–Crippen LogP) is 11.9. The maximum Gasteiger partial charge on any atom is 0.332 e. The Bertz CT molecular complexity index is 5360. The third kappa shape index (κ3) is 29.5. The molecule has 9 fully saturated rings. The zero-order valence-electron chi connectivity index (χ0n) is 80.0. The summed E-state index contributed by atoms with van der Waals surface area (Å²) in [5, 5.41) is 36.7. The van der Waals surface area contributed by atoms with Crippen molar-refractivity contribution in [2.45, 2.75) is 189 Å². The summed E-state index contributed by atoms with van der Waals surface area (Å²) in [4.78, 5) is 139. The minimum Gasteiger partial charge on any atom is -0.509 e. The Kier molecular flexibility index (Phi) is 37.4. The number of nitrogens with two attached hydrogens (primary N) is 2. The topological polar surface area (TPSA) is 380 Å². The Morgan fingerprint density at radius 2 is 0.754 bits per heavy atom. The zero-order valence-corrected chi connectivity index (χ0v) is 80.0. The monoisotopic (exact) mass is 1880 g/mol. The molecule has 0 radical (unpaired) electrons. The molecule has 0 aliphatic carbocycles. The lowest BCUT2D eigenvalue weighted by Crippen LogP contribution is -2.63. The van der Waals surface area contributed by atoms with Crippen molar-refractivity contribution in [2.24, 2.45) is 11.5 Å². The SMILES string of the molecule is COC(=O)C1(N)CCCN(Cc2ccccc2)C1.COC(=O)C1(NC(=O)CC(=O)Nc2ccc(N3CCCCC3)cc2)CCCN(Cc2ccccc2)C1.NC1(C(=O)O)CCCN(Cc2ccccc2)C1.O=C(Nc1ccc(N2CCCCC2)cc1)C1=C(O)C2(CCCN(Cc3ccccc3)C2)NC1=O.O=C1CCCN(Cc2ccccc2)C1.O=C1NC(=O)C2(CCCN(Cc3ccccc3)C2)N1. The molecule has 7 amide bonds. The van der Waals surface area contributed by atoms with Gasteiger partial charge in [-0.05, 0) is 230 Å². The van der Waals surface area contributed by atoms with E-state index in [0.29, 0.717) is 88.7 Å². The number of ether oxygens (including phenoxy) is 2. The maximum absolute atomic E-state index is 13.0. The van der Waals surface area contributed by atoms with Crippen molar-refractivity contribution in [3.05, 3.63) is 275 Å². The van der Waals surface area contributed by atoms with Crippen LogP contribution >= 0.6 is 0 Å². The number of carboxylic acids is 1. The summed E-state index contributed by atoms with van der Waals surface area (Å²) in [7, 11) is 2.72. The highest BCUT2D eigenvalue weighted by Gasteiger charge is 2.52. The first-order chi connectivity index (χ1) is 66.8. The third-order valence-electron chi connectivity index (χ3n) is 27.3. The molecule has 18 rings (SSSR count). The number of aliphatic hydroxyl groups excluding tert-OH is 1. The number of ketones is 1. The molecule has 10 aliphatic heterocycles. The van der Waals surface area contributed by atoms with E-state index < -0.39 is 63.3 Å². The number of urea groups is 1. The number of esters is 2. The number of imide groups is 1. The lowest BCUT2D eigenvalue weighted by molar-refractivity contribution is -0.154. The van der Waals surface area contributed by atoms with Crippen LogP contribution in [0.3, 0.4) is 0 Å². The molecule has 0 aromatic heterocycles. The molecule has 138 heavy (non-hydrogen) atoms. The molecule has 5 unspecified atom stereocenters. The summed E-state index contributed by atoms with van der Waals surface area (Å²) in [5.41, 5.74) is 17.9. The van der Waals surface area contributed by atoms with Crippen LogP contribution in [-0.4, -0.2) is 246 Å². The first kappa shape index (κ1) is 103. The number of hydrogen-bond donors (Lipinski definition) is 10. The van der Waals surface area contributed by atoms with Gasteiger partial charge in [0.1, 0.15) is 45.7 Å². The summed E-state index contributed by atoms with van der Waals surface area (Å²) in [6, 6.07) is 76.0. The van der Waals surface area contributed by atoms with Crippen LogP contribution in [-0.2, 0) is 91.9 Å². The van der Waals surface area contributed by atoms with Gasteiger partial charge < -0.3 is 67.5 Å². The number of carboxylic acid groups (broad SMARTS) is 1. The predicted molar refractivity (Wildman–Crippen MR) is 534 cm³/mol. The molecule has 30 nitrogen and oxygen atoms in total. The standard InChI is InChI=1S/C28H36N4O4.C27H32N4O3.C14H17N3O2.C14H20N2O2.C13H18N2O2.C12H15NO/c1-36-27(35)28(15-8-16-31(21-28)20-22-9-4-2-5-10-22)30-26(34)19-25(33)29-23-11-13-24(14-12-23)32-17-6-3-7-18-32;32-24-23(25(33)28-21-10-12-22(13-11-21)31-16-5-2-6-17-31)26(34)29-27(24)14-7-15-30(19-27)18-20-8-3-1-4-9-20;18-12-14(16-13(19)15-12)7-4-8-17(10-14)9-11-5-2-1-3-6-11;1-18-13(17)14(15)8-5-9-16(11-14)10-12-6-3-2-4-7-12;14-13(12(16)17)7-4-8-15(10-13)9-11-5-2-1-3-6-11;14-12-7-4-8-13(10-12)9-11-5-2-1-3-6-11/h2,4-5,9-14H,3,6-8,15-21H2,1H3,(H,29,33)(H,30,34);1,3-4,8-13,32H,2,5-7,14-19H2,(H,28,33)(H,29,34);1-3,5-6H,4,7-10H2,(H2,15,16,18,19);2-4,6-7H,5,8-11,15H2,1H3;1-3,5-6H,4,7-10,14H2,(H,16,17);1-3,5-6H,4,7-10H2. The van der Waals surface area contributed by atoms with Crippen molar-refractivity contribution in [2.75, 3.05) is 139 Å². The van der Waals surface area contributed by atoms with Crippen molar-refractivity contribution in [1.29, 1.82) is 0 Å². The van der Waals surface area contributed by atoms with Crippen molar-refractivity contribution >= 4 is 82.0 Å². The Morgan fingerprint density at radius 3 is 1.17 bits per heavy atom. The van der Waals surface area contributed by atoms with E-state index >= 15 is 0 Å². The average molecular weight is 1880 g/mol. The molecule has 8 aromatic rings. The summed E-state index contributed by atoms with van der Waals surface area (Å²) in [5.74, 6) is -3.63. The summed E-state index contributed by atoms with van der Waals surface area (Å²) in [6.07, 6.45) is 16.1. The second-order valence-electron chi connectivity index (χ2n) is 38.2. The number of likely N-dealkylation sites (tertiary alicyclic amines) is 6. The number of carbonyl (C=O) groups is 10. The number of aliphatic carboxylic acids is 1. The number of nitrogens with zero attached hydrogens (tertiary/aromatic N) is 8. The Morgan fingerprint density at radius 1 is 0.384 bits per heavy atom.